The fourth-order valence-corrected chi connectivity index (χ4v) is 1.81. The summed E-state index contributed by atoms with van der Waals surface area (Å²) in [6.07, 6.45) is 1.92. The highest BCUT2D eigenvalue weighted by Crippen LogP contribution is 2.26. The first-order valence-electron chi connectivity index (χ1n) is 5.47. The molecule has 0 radical (unpaired) electrons. The van der Waals surface area contributed by atoms with E-state index in [9.17, 15) is 4.79 Å². The van der Waals surface area contributed by atoms with Crippen molar-refractivity contribution in [1.29, 1.82) is 0 Å². The Labute approximate surface area is 99.4 Å². The molecule has 5 nitrogen and oxygen atoms in total. The van der Waals surface area contributed by atoms with Gasteiger partial charge in [0.1, 0.15) is 5.52 Å². The Bertz CT molecular complexity index is 560. The number of nitrogens with zero attached hydrogens (tertiary/aromatic N) is 2. The van der Waals surface area contributed by atoms with E-state index in [1.54, 1.807) is 10.7 Å². The van der Waals surface area contributed by atoms with Gasteiger partial charge in [-0.25, -0.2) is 4.79 Å². The molecular weight excluding hydrogens is 218 g/mol. The molecule has 0 atom stereocenters. The van der Waals surface area contributed by atoms with Crippen LogP contribution in [0.15, 0.2) is 18.3 Å². The lowest BCUT2D eigenvalue weighted by Crippen LogP contribution is -2.03. The minimum Gasteiger partial charge on any atom is -0.465 e. The van der Waals surface area contributed by atoms with Crippen molar-refractivity contribution in [2.24, 2.45) is 0 Å². The van der Waals surface area contributed by atoms with Gasteiger partial charge in [-0.05, 0) is 19.1 Å². The summed E-state index contributed by atoms with van der Waals surface area (Å²) < 4.78 is 6.56. The number of ether oxygens (including phenoxy) is 1. The monoisotopic (exact) mass is 233 g/mol. The van der Waals surface area contributed by atoms with E-state index in [0.29, 0.717) is 11.1 Å². The van der Waals surface area contributed by atoms with Crippen LogP contribution in [0.4, 0.5) is 5.69 Å². The molecule has 1 N–H and O–H groups in total. The second-order valence-corrected chi connectivity index (χ2v) is 3.65. The van der Waals surface area contributed by atoms with Crippen molar-refractivity contribution < 1.29 is 9.53 Å². The van der Waals surface area contributed by atoms with E-state index in [1.807, 2.05) is 26.2 Å². The normalized spacial score (nSPS) is 10.5. The molecule has 1 aromatic carbocycles. The maximum absolute atomic E-state index is 11.6. The van der Waals surface area contributed by atoms with Crippen LogP contribution >= 0.6 is 0 Å². The Morgan fingerprint density at radius 2 is 2.29 bits per heavy atom. The van der Waals surface area contributed by atoms with Gasteiger partial charge in [0, 0.05) is 30.9 Å². The Morgan fingerprint density at radius 1 is 1.53 bits per heavy atom. The van der Waals surface area contributed by atoms with Gasteiger partial charge in [-0.2, -0.15) is 5.10 Å². The molecule has 2 aromatic rings. The molecule has 0 bridgehead atoms. The number of fused-ring (bicyclic) bond motifs is 1. The van der Waals surface area contributed by atoms with Crippen LogP contribution in [-0.4, -0.2) is 29.9 Å². The van der Waals surface area contributed by atoms with Gasteiger partial charge < -0.3 is 10.1 Å². The molecule has 0 unspecified atom stereocenters. The maximum atomic E-state index is 11.6. The van der Waals surface area contributed by atoms with E-state index in [1.165, 1.54) is 7.11 Å². The van der Waals surface area contributed by atoms with Crippen LogP contribution in [0.2, 0.25) is 0 Å². The average Bonchev–Trinajstić information content (AvgIpc) is 2.80. The summed E-state index contributed by atoms with van der Waals surface area (Å²) in [6, 6.07) is 3.59. The number of benzene rings is 1. The Hall–Kier alpha value is -2.04. The second-order valence-electron chi connectivity index (χ2n) is 3.65. The van der Waals surface area contributed by atoms with Crippen molar-refractivity contribution in [3.8, 4) is 0 Å². The predicted molar refractivity (Wildman–Crippen MR) is 66.3 cm³/mol. The lowest BCUT2D eigenvalue weighted by Gasteiger charge is -2.04. The van der Waals surface area contributed by atoms with Crippen molar-refractivity contribution in [2.75, 3.05) is 19.5 Å². The first-order valence-corrected chi connectivity index (χ1v) is 5.47. The van der Waals surface area contributed by atoms with E-state index >= 15 is 0 Å². The topological polar surface area (TPSA) is 56.2 Å². The first-order chi connectivity index (χ1) is 8.21. The van der Waals surface area contributed by atoms with Gasteiger partial charge in [0.05, 0.1) is 12.7 Å². The number of rotatable bonds is 3. The smallest absolute Gasteiger partial charge is 0.340 e. The Kier molecular flexibility index (Phi) is 2.99. The highest BCUT2D eigenvalue weighted by atomic mass is 16.5. The standard InChI is InChI=1S/C12H15N3O2/c1-4-15-7-9-10(13-2)6-5-8(11(9)14-15)12(16)17-3/h5-7,13H,4H2,1-3H3. The fraction of sp³-hybridized carbons (Fsp3) is 0.333. The number of hydrogen-bond donors (Lipinski definition) is 1. The lowest BCUT2D eigenvalue weighted by molar-refractivity contribution is 0.0603. The largest absolute Gasteiger partial charge is 0.465 e. The Balaban J connectivity index is 2.71. The third-order valence-electron chi connectivity index (χ3n) is 2.72. The minimum atomic E-state index is -0.362. The zero-order valence-electron chi connectivity index (χ0n) is 10.2. The third-order valence-corrected chi connectivity index (χ3v) is 2.72. The number of carbonyl (C=O) groups is 1. The van der Waals surface area contributed by atoms with Crippen molar-refractivity contribution in [1.82, 2.24) is 9.78 Å². The molecule has 0 aliphatic heterocycles. The SMILES string of the molecule is CCn1cc2c(NC)ccc(C(=O)OC)c2n1. The molecular formula is C12H15N3O2. The van der Waals surface area contributed by atoms with Crippen LogP contribution in [0, 0.1) is 0 Å². The molecule has 0 saturated carbocycles. The van der Waals surface area contributed by atoms with Crippen LogP contribution in [-0.2, 0) is 11.3 Å². The zero-order chi connectivity index (χ0) is 12.4. The number of aromatic nitrogens is 2. The van der Waals surface area contributed by atoms with E-state index in [4.69, 9.17) is 4.74 Å². The molecule has 0 fully saturated rings. The highest BCUT2D eigenvalue weighted by Gasteiger charge is 2.15. The molecule has 5 heteroatoms. The van der Waals surface area contributed by atoms with Crippen LogP contribution in [0.1, 0.15) is 17.3 Å². The number of carbonyl (C=O) groups excluding carboxylic acids is 1. The third kappa shape index (κ3) is 1.84. The maximum Gasteiger partial charge on any atom is 0.340 e. The van der Waals surface area contributed by atoms with Gasteiger partial charge in [0.2, 0.25) is 0 Å². The van der Waals surface area contributed by atoms with Gasteiger partial charge in [-0.1, -0.05) is 0 Å². The molecule has 0 saturated heterocycles. The fourth-order valence-electron chi connectivity index (χ4n) is 1.81. The molecule has 0 spiro atoms. The number of methoxy groups -OCH3 is 1. The lowest BCUT2D eigenvalue weighted by atomic mass is 10.1. The molecule has 1 heterocycles. The van der Waals surface area contributed by atoms with Crippen LogP contribution in [0.3, 0.4) is 0 Å². The summed E-state index contributed by atoms with van der Waals surface area (Å²) in [6.45, 7) is 2.77. The predicted octanol–water partition coefficient (Wildman–Crippen LogP) is 1.88. The minimum absolute atomic E-state index is 0.362. The molecule has 2 rings (SSSR count). The van der Waals surface area contributed by atoms with Gasteiger partial charge in [0.15, 0.2) is 0 Å². The van der Waals surface area contributed by atoms with Gasteiger partial charge >= 0.3 is 5.97 Å². The molecule has 0 aliphatic rings. The summed E-state index contributed by atoms with van der Waals surface area (Å²) in [5.74, 6) is -0.362. The van der Waals surface area contributed by atoms with Crippen molar-refractivity contribution >= 4 is 22.6 Å². The molecule has 90 valence electrons. The summed E-state index contributed by atoms with van der Waals surface area (Å²) in [5.41, 5.74) is 2.12. The molecule has 0 aliphatic carbocycles. The van der Waals surface area contributed by atoms with Crippen LogP contribution in [0.25, 0.3) is 10.9 Å². The van der Waals surface area contributed by atoms with E-state index in [0.717, 1.165) is 17.6 Å². The summed E-state index contributed by atoms with van der Waals surface area (Å²) in [5, 5.41) is 8.40. The average molecular weight is 233 g/mol. The van der Waals surface area contributed by atoms with Crippen molar-refractivity contribution in [3.05, 3.63) is 23.9 Å². The second kappa shape index (κ2) is 4.45. The molecule has 17 heavy (non-hydrogen) atoms. The number of hydrogen-bond acceptors (Lipinski definition) is 4. The zero-order valence-corrected chi connectivity index (χ0v) is 10.2. The molecule has 1 aromatic heterocycles. The van der Waals surface area contributed by atoms with Crippen LogP contribution < -0.4 is 5.32 Å². The summed E-state index contributed by atoms with van der Waals surface area (Å²) >= 11 is 0. The van der Waals surface area contributed by atoms with Gasteiger partial charge in [-0.3, -0.25) is 4.68 Å². The number of esters is 1. The quantitative estimate of drug-likeness (QED) is 0.822. The van der Waals surface area contributed by atoms with E-state index in [2.05, 4.69) is 10.4 Å². The van der Waals surface area contributed by atoms with Gasteiger partial charge in [-0.15, -0.1) is 0 Å². The first kappa shape index (κ1) is 11.4. The summed E-state index contributed by atoms with van der Waals surface area (Å²) in [4.78, 5) is 11.6. The number of aryl methyl sites for hydroxylation is 1. The van der Waals surface area contributed by atoms with E-state index in [-0.39, 0.29) is 5.97 Å². The van der Waals surface area contributed by atoms with Crippen molar-refractivity contribution in [2.45, 2.75) is 13.5 Å². The van der Waals surface area contributed by atoms with Crippen LogP contribution in [0.5, 0.6) is 0 Å². The number of nitrogens with one attached hydrogen (secondary N) is 1. The number of anilines is 1. The molecule has 0 amide bonds. The summed E-state index contributed by atoms with van der Waals surface area (Å²) in [7, 11) is 3.22. The Morgan fingerprint density at radius 3 is 2.88 bits per heavy atom. The highest BCUT2D eigenvalue weighted by molar-refractivity contribution is 6.06. The van der Waals surface area contributed by atoms with Crippen molar-refractivity contribution in [3.63, 3.8) is 0 Å². The van der Waals surface area contributed by atoms with E-state index < -0.39 is 0 Å². The van der Waals surface area contributed by atoms with Gasteiger partial charge in [0.25, 0.3) is 0 Å².